The third-order valence-corrected chi connectivity index (χ3v) is 1.82. The van der Waals surface area contributed by atoms with Crippen molar-refractivity contribution in [1.29, 1.82) is 0 Å². The molecule has 0 aromatic rings. The Hall–Kier alpha value is -0.430. The summed E-state index contributed by atoms with van der Waals surface area (Å²) in [7, 11) is 0. The molecular formula is C7H16N2O3S. The Kier molecular flexibility index (Phi) is 7.91. The lowest BCUT2D eigenvalue weighted by Gasteiger charge is -2.23. The van der Waals surface area contributed by atoms with Crippen LogP contribution in [0.15, 0.2) is 0 Å². The highest BCUT2D eigenvalue weighted by atomic mass is 32.1. The molecule has 78 valence electrons. The number of thiocarbonyl (C=S) groups is 1. The second kappa shape index (κ2) is 8.18. The van der Waals surface area contributed by atoms with Gasteiger partial charge in [0.2, 0.25) is 0 Å². The molecule has 0 aliphatic heterocycles. The highest BCUT2D eigenvalue weighted by molar-refractivity contribution is 7.80. The zero-order chi connectivity index (χ0) is 10.1. The number of hydrogen-bond donors (Lipinski definition) is 4. The van der Waals surface area contributed by atoms with Crippen molar-refractivity contribution >= 4 is 17.3 Å². The fraction of sp³-hybridized carbons (Fsp3) is 0.857. The Morgan fingerprint density at radius 1 is 1.08 bits per heavy atom. The molecule has 0 spiro atoms. The molecule has 4 N–H and O–H groups in total. The molecule has 0 saturated heterocycles. The van der Waals surface area contributed by atoms with E-state index in [2.05, 4.69) is 5.32 Å². The number of hydrogen-bond acceptors (Lipinski definition) is 4. The molecule has 6 heteroatoms. The average Bonchev–Trinajstić information content (AvgIpc) is 2.14. The first-order chi connectivity index (χ1) is 6.26. The Balaban J connectivity index is 3.80. The van der Waals surface area contributed by atoms with Crippen molar-refractivity contribution in [3.63, 3.8) is 0 Å². The van der Waals surface area contributed by atoms with Gasteiger partial charge in [0.15, 0.2) is 5.11 Å². The molecule has 0 aliphatic rings. The molecule has 13 heavy (non-hydrogen) atoms. The SMILES string of the molecule is OCCNC(=S)N(CCO)CCO. The molecule has 5 nitrogen and oxygen atoms in total. The van der Waals surface area contributed by atoms with E-state index in [-0.39, 0.29) is 19.8 Å². The molecular weight excluding hydrogens is 192 g/mol. The molecule has 0 amide bonds. The van der Waals surface area contributed by atoms with Gasteiger partial charge in [-0.05, 0) is 12.2 Å². The summed E-state index contributed by atoms with van der Waals surface area (Å²) in [5.41, 5.74) is 0. The van der Waals surface area contributed by atoms with Crippen molar-refractivity contribution in [1.82, 2.24) is 10.2 Å². The lowest BCUT2D eigenvalue weighted by molar-refractivity contribution is 0.210. The van der Waals surface area contributed by atoms with Crippen LogP contribution in [-0.4, -0.2) is 64.8 Å². The first-order valence-corrected chi connectivity index (χ1v) is 4.52. The van der Waals surface area contributed by atoms with E-state index in [9.17, 15) is 0 Å². The minimum Gasteiger partial charge on any atom is -0.395 e. The maximum absolute atomic E-state index is 8.68. The number of rotatable bonds is 6. The molecule has 0 heterocycles. The molecule has 0 bridgehead atoms. The van der Waals surface area contributed by atoms with Gasteiger partial charge in [-0.2, -0.15) is 0 Å². The normalized spacial score (nSPS) is 9.77. The summed E-state index contributed by atoms with van der Waals surface area (Å²) in [4.78, 5) is 1.64. The highest BCUT2D eigenvalue weighted by Gasteiger charge is 2.06. The van der Waals surface area contributed by atoms with E-state index in [1.807, 2.05) is 0 Å². The van der Waals surface area contributed by atoms with Gasteiger partial charge in [-0.3, -0.25) is 0 Å². The van der Waals surface area contributed by atoms with E-state index >= 15 is 0 Å². The molecule has 0 aromatic heterocycles. The van der Waals surface area contributed by atoms with Crippen LogP contribution in [0.2, 0.25) is 0 Å². The second-order valence-electron chi connectivity index (χ2n) is 2.39. The smallest absolute Gasteiger partial charge is 0.169 e. The van der Waals surface area contributed by atoms with Gasteiger partial charge in [0.25, 0.3) is 0 Å². The van der Waals surface area contributed by atoms with E-state index in [4.69, 9.17) is 27.5 Å². The Morgan fingerprint density at radius 2 is 1.62 bits per heavy atom. The monoisotopic (exact) mass is 208 g/mol. The molecule has 0 unspecified atom stereocenters. The van der Waals surface area contributed by atoms with Crippen LogP contribution in [0, 0.1) is 0 Å². The zero-order valence-electron chi connectivity index (χ0n) is 7.44. The van der Waals surface area contributed by atoms with Crippen LogP contribution in [-0.2, 0) is 0 Å². The van der Waals surface area contributed by atoms with Crippen LogP contribution >= 0.6 is 12.2 Å². The fourth-order valence-electron chi connectivity index (χ4n) is 0.831. The summed E-state index contributed by atoms with van der Waals surface area (Å²) in [6.45, 7) is 1.13. The van der Waals surface area contributed by atoms with Crippen molar-refractivity contribution in [3.8, 4) is 0 Å². The Bertz CT molecular complexity index is 140. The first kappa shape index (κ1) is 12.6. The van der Waals surface area contributed by atoms with Crippen LogP contribution < -0.4 is 5.32 Å². The number of aliphatic hydroxyl groups excluding tert-OH is 3. The average molecular weight is 208 g/mol. The highest BCUT2D eigenvalue weighted by Crippen LogP contribution is 1.88. The van der Waals surface area contributed by atoms with Crippen molar-refractivity contribution in [3.05, 3.63) is 0 Å². The van der Waals surface area contributed by atoms with Crippen LogP contribution in [0.5, 0.6) is 0 Å². The van der Waals surface area contributed by atoms with Crippen molar-refractivity contribution in [2.24, 2.45) is 0 Å². The van der Waals surface area contributed by atoms with E-state index in [1.54, 1.807) is 4.90 Å². The van der Waals surface area contributed by atoms with Crippen molar-refractivity contribution in [2.75, 3.05) is 39.5 Å². The van der Waals surface area contributed by atoms with Gasteiger partial charge in [0.1, 0.15) is 0 Å². The molecule has 0 rings (SSSR count). The van der Waals surface area contributed by atoms with E-state index in [0.717, 1.165) is 0 Å². The van der Waals surface area contributed by atoms with E-state index < -0.39 is 0 Å². The largest absolute Gasteiger partial charge is 0.395 e. The standard InChI is InChI=1S/C7H16N2O3S/c10-4-1-8-7(13)9(2-5-11)3-6-12/h10-12H,1-6H2,(H,8,13). The molecule has 0 atom stereocenters. The van der Waals surface area contributed by atoms with Gasteiger partial charge in [0, 0.05) is 19.6 Å². The van der Waals surface area contributed by atoms with E-state index in [0.29, 0.717) is 24.7 Å². The van der Waals surface area contributed by atoms with E-state index in [1.165, 1.54) is 0 Å². The quantitative estimate of drug-likeness (QED) is 0.384. The predicted octanol–water partition coefficient (Wildman–Crippen LogP) is -1.86. The van der Waals surface area contributed by atoms with Gasteiger partial charge < -0.3 is 25.5 Å². The molecule has 0 fully saturated rings. The lowest BCUT2D eigenvalue weighted by atomic mass is 10.5. The Labute approximate surface area is 83.0 Å². The topological polar surface area (TPSA) is 76.0 Å². The third-order valence-electron chi connectivity index (χ3n) is 1.42. The number of aliphatic hydroxyl groups is 3. The van der Waals surface area contributed by atoms with Crippen molar-refractivity contribution in [2.45, 2.75) is 0 Å². The predicted molar refractivity (Wildman–Crippen MR) is 53.4 cm³/mol. The second-order valence-corrected chi connectivity index (χ2v) is 2.78. The zero-order valence-corrected chi connectivity index (χ0v) is 8.26. The van der Waals surface area contributed by atoms with Crippen LogP contribution in [0.3, 0.4) is 0 Å². The summed E-state index contributed by atoms with van der Waals surface area (Å²) >= 11 is 4.95. The van der Waals surface area contributed by atoms with Gasteiger partial charge in [-0.25, -0.2) is 0 Å². The first-order valence-electron chi connectivity index (χ1n) is 4.11. The van der Waals surface area contributed by atoms with Crippen LogP contribution in [0.1, 0.15) is 0 Å². The molecule has 0 aromatic carbocycles. The summed E-state index contributed by atoms with van der Waals surface area (Å²) in [6.07, 6.45) is 0. The molecule has 0 radical (unpaired) electrons. The summed E-state index contributed by atoms with van der Waals surface area (Å²) < 4.78 is 0. The van der Waals surface area contributed by atoms with Gasteiger partial charge >= 0.3 is 0 Å². The van der Waals surface area contributed by atoms with Crippen LogP contribution in [0.25, 0.3) is 0 Å². The molecule has 0 saturated carbocycles. The Morgan fingerprint density at radius 3 is 2.00 bits per heavy atom. The minimum atomic E-state index is -0.0130. The van der Waals surface area contributed by atoms with Crippen LogP contribution in [0.4, 0.5) is 0 Å². The van der Waals surface area contributed by atoms with Crippen molar-refractivity contribution < 1.29 is 15.3 Å². The van der Waals surface area contributed by atoms with Gasteiger partial charge in [-0.15, -0.1) is 0 Å². The number of nitrogens with zero attached hydrogens (tertiary/aromatic N) is 1. The summed E-state index contributed by atoms with van der Waals surface area (Å²) in [6, 6.07) is 0. The fourth-order valence-corrected chi connectivity index (χ4v) is 1.12. The molecule has 0 aliphatic carbocycles. The maximum atomic E-state index is 8.68. The summed E-state index contributed by atoms with van der Waals surface area (Å²) in [5.74, 6) is 0. The summed E-state index contributed by atoms with van der Waals surface area (Å²) in [5, 5.41) is 29.1. The minimum absolute atomic E-state index is 0.00618. The van der Waals surface area contributed by atoms with Gasteiger partial charge in [0.05, 0.1) is 19.8 Å². The number of nitrogens with one attached hydrogen (secondary N) is 1. The third kappa shape index (κ3) is 5.75. The maximum Gasteiger partial charge on any atom is 0.169 e. The van der Waals surface area contributed by atoms with Gasteiger partial charge in [-0.1, -0.05) is 0 Å². The lowest BCUT2D eigenvalue weighted by Crippen LogP contribution is -2.43.